The van der Waals surface area contributed by atoms with E-state index in [2.05, 4.69) is 43.5 Å². The molecule has 0 aromatic heterocycles. The van der Waals surface area contributed by atoms with Crippen LogP contribution in [-0.4, -0.2) is 47.4 Å². The summed E-state index contributed by atoms with van der Waals surface area (Å²) in [4.78, 5) is 24.6. The number of esters is 1. The Balaban J connectivity index is 3.29. The van der Waals surface area contributed by atoms with Crippen molar-refractivity contribution in [1.29, 1.82) is 0 Å². The number of amides is 1. The van der Waals surface area contributed by atoms with E-state index >= 15 is 0 Å². The molecule has 1 amide bonds. The van der Waals surface area contributed by atoms with Gasteiger partial charge < -0.3 is 20.3 Å². The first kappa shape index (κ1) is 83.3. The van der Waals surface area contributed by atoms with Gasteiger partial charge in [-0.05, 0) is 57.8 Å². The van der Waals surface area contributed by atoms with E-state index in [1.165, 1.54) is 360 Å². The second kappa shape index (κ2) is 74.8. The fraction of sp³-hybridized carbons (Fsp3) is 0.924. The van der Waals surface area contributed by atoms with Crippen molar-refractivity contribution in [2.45, 2.75) is 456 Å². The topological polar surface area (TPSA) is 95.9 Å². The molecule has 85 heavy (non-hydrogen) atoms. The zero-order valence-corrected chi connectivity index (χ0v) is 57.9. The van der Waals surface area contributed by atoms with Crippen molar-refractivity contribution in [1.82, 2.24) is 5.32 Å². The number of carbonyl (C=O) groups excluding carboxylic acids is 2. The van der Waals surface area contributed by atoms with Gasteiger partial charge in [0.1, 0.15) is 0 Å². The first-order valence-electron chi connectivity index (χ1n) is 39.1. The van der Waals surface area contributed by atoms with Gasteiger partial charge in [0.15, 0.2) is 0 Å². The van der Waals surface area contributed by atoms with Gasteiger partial charge in [-0.3, -0.25) is 9.59 Å². The van der Waals surface area contributed by atoms with Crippen molar-refractivity contribution in [3.63, 3.8) is 0 Å². The highest BCUT2D eigenvalue weighted by Crippen LogP contribution is 2.20. The number of ether oxygens (including phenoxy) is 1. The lowest BCUT2D eigenvalue weighted by atomic mass is 10.0. The first-order valence-corrected chi connectivity index (χ1v) is 39.1. The Morgan fingerprint density at radius 1 is 0.329 bits per heavy atom. The van der Waals surface area contributed by atoms with Crippen molar-refractivity contribution >= 4 is 11.9 Å². The average Bonchev–Trinajstić information content (AvgIpc) is 3.52. The molecule has 0 bridgehead atoms. The van der Waals surface area contributed by atoms with Gasteiger partial charge in [0.05, 0.1) is 25.4 Å². The van der Waals surface area contributed by atoms with Crippen LogP contribution in [0, 0.1) is 0 Å². The largest absolute Gasteiger partial charge is 0.466 e. The Morgan fingerprint density at radius 2 is 0.588 bits per heavy atom. The third-order valence-electron chi connectivity index (χ3n) is 18.5. The van der Waals surface area contributed by atoms with Gasteiger partial charge in [-0.2, -0.15) is 0 Å². The molecule has 0 heterocycles. The minimum atomic E-state index is -0.660. The van der Waals surface area contributed by atoms with E-state index in [0.29, 0.717) is 25.9 Å². The molecule has 0 radical (unpaired) electrons. The van der Waals surface area contributed by atoms with Gasteiger partial charge >= 0.3 is 5.97 Å². The van der Waals surface area contributed by atoms with Crippen LogP contribution in [-0.2, 0) is 14.3 Å². The highest BCUT2D eigenvalue weighted by Gasteiger charge is 2.20. The molecule has 0 aliphatic carbocycles. The molecule has 3 N–H and O–H groups in total. The number of carbonyl (C=O) groups is 2. The van der Waals surface area contributed by atoms with Crippen LogP contribution in [0.3, 0.4) is 0 Å². The summed E-state index contributed by atoms with van der Waals surface area (Å²) >= 11 is 0. The van der Waals surface area contributed by atoms with Gasteiger partial charge in [0.25, 0.3) is 0 Å². The molecule has 6 heteroatoms. The minimum Gasteiger partial charge on any atom is -0.466 e. The molecule has 0 aliphatic rings. The molecule has 0 fully saturated rings. The van der Waals surface area contributed by atoms with Crippen LogP contribution in [0.4, 0.5) is 0 Å². The van der Waals surface area contributed by atoms with E-state index in [9.17, 15) is 19.8 Å². The van der Waals surface area contributed by atoms with Crippen LogP contribution in [0.5, 0.6) is 0 Å². The Kier molecular flexibility index (Phi) is 73.3. The molecule has 0 aromatic rings. The number of aliphatic hydroxyl groups excluding tert-OH is 2. The van der Waals surface area contributed by atoms with Crippen molar-refractivity contribution in [3.05, 3.63) is 24.3 Å². The number of aliphatic hydroxyl groups is 2. The van der Waals surface area contributed by atoms with Crippen LogP contribution in [0.1, 0.15) is 444 Å². The predicted molar refractivity (Wildman–Crippen MR) is 375 cm³/mol. The number of allylic oxidation sites excluding steroid dienone is 4. The van der Waals surface area contributed by atoms with Crippen LogP contribution in [0.25, 0.3) is 0 Å². The maximum absolute atomic E-state index is 12.5. The summed E-state index contributed by atoms with van der Waals surface area (Å²) in [6.45, 7) is 4.98. The monoisotopic (exact) mass is 1200 g/mol. The van der Waals surface area contributed by atoms with Gasteiger partial charge in [-0.1, -0.05) is 398 Å². The van der Waals surface area contributed by atoms with Crippen molar-refractivity contribution < 1.29 is 24.5 Å². The van der Waals surface area contributed by atoms with E-state index in [1.54, 1.807) is 0 Å². The van der Waals surface area contributed by atoms with Crippen LogP contribution in [0.2, 0.25) is 0 Å². The lowest BCUT2D eigenvalue weighted by Crippen LogP contribution is -2.45. The van der Waals surface area contributed by atoms with Crippen LogP contribution < -0.4 is 5.32 Å². The Hall–Kier alpha value is -1.66. The molecule has 0 saturated heterocycles. The maximum Gasteiger partial charge on any atom is 0.305 e. The van der Waals surface area contributed by atoms with E-state index in [-0.39, 0.29) is 18.5 Å². The molecule has 6 nitrogen and oxygen atoms in total. The zero-order valence-electron chi connectivity index (χ0n) is 57.9. The minimum absolute atomic E-state index is 0.0161. The second-order valence-electron chi connectivity index (χ2n) is 27.0. The Morgan fingerprint density at radius 3 is 0.906 bits per heavy atom. The third kappa shape index (κ3) is 71.3. The molecule has 0 rings (SSSR count). The fourth-order valence-electron chi connectivity index (χ4n) is 12.6. The molecule has 0 spiro atoms. The number of nitrogens with one attached hydrogen (secondary N) is 1. The lowest BCUT2D eigenvalue weighted by molar-refractivity contribution is -0.143. The summed E-state index contributed by atoms with van der Waals surface area (Å²) in [7, 11) is 0. The maximum atomic E-state index is 12.5. The first-order chi connectivity index (χ1) is 42.0. The molecular formula is C79H153NO5. The smallest absolute Gasteiger partial charge is 0.305 e. The average molecular weight is 1200 g/mol. The molecule has 0 aliphatic heterocycles. The van der Waals surface area contributed by atoms with Gasteiger partial charge in [0, 0.05) is 12.8 Å². The normalized spacial score (nSPS) is 12.6. The van der Waals surface area contributed by atoms with Crippen LogP contribution in [0.15, 0.2) is 24.3 Å². The lowest BCUT2D eigenvalue weighted by Gasteiger charge is -2.22. The quantitative estimate of drug-likeness (QED) is 0.0320. The van der Waals surface area contributed by atoms with Crippen molar-refractivity contribution in [2.75, 3.05) is 13.2 Å². The van der Waals surface area contributed by atoms with Crippen LogP contribution >= 0.6 is 0 Å². The summed E-state index contributed by atoms with van der Waals surface area (Å²) in [5.41, 5.74) is 0. The number of unbranched alkanes of at least 4 members (excludes halogenated alkanes) is 59. The molecular weight excluding hydrogens is 1040 g/mol. The second-order valence-corrected chi connectivity index (χ2v) is 27.0. The zero-order chi connectivity index (χ0) is 61.3. The van der Waals surface area contributed by atoms with E-state index < -0.39 is 12.1 Å². The number of hydrogen-bond acceptors (Lipinski definition) is 5. The van der Waals surface area contributed by atoms with E-state index in [4.69, 9.17) is 4.74 Å². The summed E-state index contributed by atoms with van der Waals surface area (Å²) in [5, 5.41) is 23.4. The molecule has 0 aromatic carbocycles. The highest BCUT2D eigenvalue weighted by molar-refractivity contribution is 5.76. The number of hydrogen-bond donors (Lipinski definition) is 3. The Bertz CT molecular complexity index is 1330. The number of rotatable bonds is 74. The summed E-state index contributed by atoms with van der Waals surface area (Å²) in [6.07, 6.45) is 95.6. The van der Waals surface area contributed by atoms with Crippen molar-refractivity contribution in [3.8, 4) is 0 Å². The standard InChI is InChI=1S/C79H153NO5/c1-3-5-7-9-11-13-15-17-19-20-41-45-49-53-57-61-65-69-73-79(84)85-74-70-66-62-58-54-50-46-42-39-37-35-33-31-29-27-25-23-21-22-24-26-28-30-32-34-36-38-40-44-48-52-56-60-64-68-72-78(83)80-76(75-81)77(82)71-67-63-59-55-51-47-43-18-16-14-12-10-8-6-4-2/h13,15,19-20,76-77,81-82H,3-12,14,16-18,21-75H2,1-2H3,(H,80,83)/b15-13-,20-19-. The molecule has 2 atom stereocenters. The van der Waals surface area contributed by atoms with Gasteiger partial charge in [0.2, 0.25) is 5.91 Å². The predicted octanol–water partition coefficient (Wildman–Crippen LogP) is 25.7. The molecule has 2 unspecified atom stereocenters. The Labute approximate surface area is 532 Å². The third-order valence-corrected chi connectivity index (χ3v) is 18.5. The SMILES string of the molecule is CCCCCC/C=C\C/C=C\CCCCCCCCCC(=O)OCCCCCCCCCCCCCCCCCCCCCCCCCCCCCCCCCCCCCC(=O)NC(CO)C(O)CCCCCCCCCCCCCCCCC. The fourth-order valence-corrected chi connectivity index (χ4v) is 12.6. The van der Waals surface area contributed by atoms with Crippen molar-refractivity contribution in [2.24, 2.45) is 0 Å². The molecule has 0 saturated carbocycles. The summed E-state index contributed by atoms with van der Waals surface area (Å²) in [5.74, 6) is -0.0100. The summed E-state index contributed by atoms with van der Waals surface area (Å²) in [6, 6.07) is -0.537. The van der Waals surface area contributed by atoms with E-state index in [1.807, 2.05) is 0 Å². The highest BCUT2D eigenvalue weighted by atomic mass is 16.5. The van der Waals surface area contributed by atoms with E-state index in [0.717, 1.165) is 51.4 Å². The molecule has 504 valence electrons. The van der Waals surface area contributed by atoms with Gasteiger partial charge in [-0.25, -0.2) is 0 Å². The van der Waals surface area contributed by atoms with Gasteiger partial charge in [-0.15, -0.1) is 0 Å². The summed E-state index contributed by atoms with van der Waals surface area (Å²) < 4.78 is 5.51.